The van der Waals surface area contributed by atoms with Crippen LogP contribution in [0.2, 0.25) is 0 Å². The van der Waals surface area contributed by atoms with Gasteiger partial charge in [0.2, 0.25) is 0 Å². The number of hydrogen-bond acceptors (Lipinski definition) is 2. The summed E-state index contributed by atoms with van der Waals surface area (Å²) in [6.07, 6.45) is 11.9. The van der Waals surface area contributed by atoms with Crippen LogP contribution in [-0.2, 0) is 4.74 Å². The average Bonchev–Trinajstić information content (AvgIpc) is 3.10. The minimum Gasteiger partial charge on any atom is -0.381 e. The van der Waals surface area contributed by atoms with Crippen LogP contribution in [0.15, 0.2) is 0 Å². The monoisotopic (exact) mass is 227 g/mol. The summed E-state index contributed by atoms with van der Waals surface area (Å²) in [6, 6.07) is 0.877. The van der Waals surface area contributed by atoms with E-state index in [0.29, 0.717) is 0 Å². The molecule has 2 heteroatoms. The molecule has 0 bridgehead atoms. The van der Waals surface area contributed by atoms with Crippen LogP contribution in [0.3, 0.4) is 0 Å². The largest absolute Gasteiger partial charge is 0.381 e. The van der Waals surface area contributed by atoms with Gasteiger partial charge < -0.3 is 10.1 Å². The maximum Gasteiger partial charge on any atom is 0.0466 e. The third kappa shape index (κ3) is 9.17. The van der Waals surface area contributed by atoms with Crippen molar-refractivity contribution in [1.82, 2.24) is 5.32 Å². The van der Waals surface area contributed by atoms with E-state index in [2.05, 4.69) is 12.2 Å². The molecule has 0 aliphatic heterocycles. The summed E-state index contributed by atoms with van der Waals surface area (Å²) in [5.41, 5.74) is 0. The van der Waals surface area contributed by atoms with E-state index >= 15 is 0 Å². The zero-order chi connectivity index (χ0) is 11.5. The van der Waals surface area contributed by atoms with Gasteiger partial charge in [-0.25, -0.2) is 0 Å². The fraction of sp³-hybridized carbons (Fsp3) is 1.00. The Morgan fingerprint density at radius 1 is 0.938 bits per heavy atom. The molecule has 0 unspecified atom stereocenters. The quantitative estimate of drug-likeness (QED) is 0.515. The van der Waals surface area contributed by atoms with Crippen LogP contribution in [-0.4, -0.2) is 25.8 Å². The Balaban J connectivity index is 1.61. The van der Waals surface area contributed by atoms with Gasteiger partial charge in [-0.2, -0.15) is 0 Å². The summed E-state index contributed by atoms with van der Waals surface area (Å²) in [5, 5.41) is 3.55. The zero-order valence-electron chi connectivity index (χ0n) is 11.0. The molecule has 1 aliphatic carbocycles. The molecule has 0 radical (unpaired) electrons. The first-order valence-corrected chi connectivity index (χ1v) is 7.24. The van der Waals surface area contributed by atoms with Crippen molar-refractivity contribution >= 4 is 0 Å². The number of nitrogens with one attached hydrogen (secondary N) is 1. The topological polar surface area (TPSA) is 21.3 Å². The van der Waals surface area contributed by atoms with Gasteiger partial charge in [0.1, 0.15) is 0 Å². The van der Waals surface area contributed by atoms with Gasteiger partial charge in [0.25, 0.3) is 0 Å². The van der Waals surface area contributed by atoms with Gasteiger partial charge in [-0.3, -0.25) is 0 Å². The Morgan fingerprint density at radius 3 is 2.31 bits per heavy atom. The maximum absolute atomic E-state index is 5.57. The van der Waals surface area contributed by atoms with Crippen molar-refractivity contribution in [3.8, 4) is 0 Å². The fourth-order valence-electron chi connectivity index (χ4n) is 1.83. The first-order chi connectivity index (χ1) is 7.93. The normalized spacial score (nSPS) is 15.6. The second-order valence-corrected chi connectivity index (χ2v) is 4.96. The van der Waals surface area contributed by atoms with E-state index in [-0.39, 0.29) is 0 Å². The van der Waals surface area contributed by atoms with E-state index < -0.39 is 0 Å². The van der Waals surface area contributed by atoms with Crippen LogP contribution in [0.4, 0.5) is 0 Å². The molecular formula is C14H29NO. The predicted octanol–water partition coefficient (Wildman–Crippen LogP) is 3.51. The Bertz CT molecular complexity index is 146. The van der Waals surface area contributed by atoms with Gasteiger partial charge in [0.05, 0.1) is 0 Å². The van der Waals surface area contributed by atoms with Gasteiger partial charge in [0, 0.05) is 19.3 Å². The Labute approximate surface area is 101 Å². The molecule has 0 amide bonds. The smallest absolute Gasteiger partial charge is 0.0466 e. The highest BCUT2D eigenvalue weighted by Gasteiger charge is 2.19. The summed E-state index contributed by atoms with van der Waals surface area (Å²) >= 11 is 0. The molecule has 1 saturated carbocycles. The van der Waals surface area contributed by atoms with Crippen LogP contribution in [0, 0.1) is 0 Å². The molecule has 96 valence electrons. The third-order valence-electron chi connectivity index (χ3n) is 3.12. The Morgan fingerprint density at radius 2 is 1.62 bits per heavy atom. The summed E-state index contributed by atoms with van der Waals surface area (Å²) in [6.45, 7) is 5.40. The molecule has 0 saturated heterocycles. The molecule has 0 spiro atoms. The van der Waals surface area contributed by atoms with Crippen molar-refractivity contribution in [2.45, 2.75) is 70.8 Å². The van der Waals surface area contributed by atoms with Crippen molar-refractivity contribution in [3.05, 3.63) is 0 Å². The van der Waals surface area contributed by atoms with Crippen molar-refractivity contribution < 1.29 is 4.74 Å². The molecule has 1 rings (SSSR count). The predicted molar refractivity (Wildman–Crippen MR) is 69.8 cm³/mol. The highest BCUT2D eigenvalue weighted by atomic mass is 16.5. The first-order valence-electron chi connectivity index (χ1n) is 7.24. The SMILES string of the molecule is CCCCCOCCCCCCNC1CC1. The standard InChI is InChI=1S/C14H29NO/c1-2-3-7-12-16-13-8-5-4-6-11-15-14-9-10-14/h14-15H,2-13H2,1H3. The van der Waals surface area contributed by atoms with Gasteiger partial charge in [-0.1, -0.05) is 32.6 Å². The van der Waals surface area contributed by atoms with Gasteiger partial charge in [-0.15, -0.1) is 0 Å². The molecule has 1 aliphatic rings. The molecule has 1 fully saturated rings. The number of ether oxygens (including phenoxy) is 1. The summed E-state index contributed by atoms with van der Waals surface area (Å²) in [5.74, 6) is 0. The van der Waals surface area contributed by atoms with E-state index in [9.17, 15) is 0 Å². The maximum atomic E-state index is 5.57. The summed E-state index contributed by atoms with van der Waals surface area (Å²) < 4.78 is 5.57. The number of unbranched alkanes of at least 4 members (excludes halogenated alkanes) is 5. The van der Waals surface area contributed by atoms with Crippen molar-refractivity contribution in [2.24, 2.45) is 0 Å². The van der Waals surface area contributed by atoms with Crippen molar-refractivity contribution in [2.75, 3.05) is 19.8 Å². The molecule has 0 aromatic heterocycles. The number of hydrogen-bond donors (Lipinski definition) is 1. The van der Waals surface area contributed by atoms with E-state index in [1.165, 1.54) is 64.3 Å². The lowest BCUT2D eigenvalue weighted by Gasteiger charge is -2.04. The highest BCUT2D eigenvalue weighted by Crippen LogP contribution is 2.18. The molecular weight excluding hydrogens is 198 g/mol. The second-order valence-electron chi connectivity index (χ2n) is 4.96. The summed E-state index contributed by atoms with van der Waals surface area (Å²) in [4.78, 5) is 0. The fourth-order valence-corrected chi connectivity index (χ4v) is 1.83. The first kappa shape index (κ1) is 14.0. The highest BCUT2D eigenvalue weighted by molar-refractivity contribution is 4.80. The molecule has 0 heterocycles. The lowest BCUT2D eigenvalue weighted by atomic mass is 10.2. The zero-order valence-corrected chi connectivity index (χ0v) is 11.0. The molecule has 0 atom stereocenters. The molecule has 16 heavy (non-hydrogen) atoms. The summed E-state index contributed by atoms with van der Waals surface area (Å²) in [7, 11) is 0. The van der Waals surface area contributed by atoms with Crippen molar-refractivity contribution in [1.29, 1.82) is 0 Å². The minimum absolute atomic E-state index is 0.877. The molecule has 0 aromatic carbocycles. The van der Waals surface area contributed by atoms with Crippen LogP contribution in [0.1, 0.15) is 64.7 Å². The molecule has 2 nitrogen and oxygen atoms in total. The van der Waals surface area contributed by atoms with Crippen molar-refractivity contribution in [3.63, 3.8) is 0 Å². The second kappa shape index (κ2) is 10.1. The van der Waals surface area contributed by atoms with E-state index in [1.807, 2.05) is 0 Å². The van der Waals surface area contributed by atoms with Gasteiger partial charge in [-0.05, 0) is 38.6 Å². The van der Waals surface area contributed by atoms with Crippen LogP contribution in [0.25, 0.3) is 0 Å². The molecule has 1 N–H and O–H groups in total. The van der Waals surface area contributed by atoms with Crippen LogP contribution < -0.4 is 5.32 Å². The lowest BCUT2D eigenvalue weighted by Crippen LogP contribution is -2.17. The minimum atomic E-state index is 0.877. The number of rotatable bonds is 12. The third-order valence-corrected chi connectivity index (χ3v) is 3.12. The van der Waals surface area contributed by atoms with E-state index in [1.54, 1.807) is 0 Å². The van der Waals surface area contributed by atoms with E-state index in [4.69, 9.17) is 4.74 Å². The molecule has 0 aromatic rings. The average molecular weight is 227 g/mol. The Hall–Kier alpha value is -0.0800. The van der Waals surface area contributed by atoms with Crippen LogP contribution in [0.5, 0.6) is 0 Å². The van der Waals surface area contributed by atoms with Gasteiger partial charge in [0.15, 0.2) is 0 Å². The Kier molecular flexibility index (Phi) is 8.83. The lowest BCUT2D eigenvalue weighted by molar-refractivity contribution is 0.126. The van der Waals surface area contributed by atoms with Crippen LogP contribution >= 0.6 is 0 Å². The van der Waals surface area contributed by atoms with E-state index in [0.717, 1.165) is 19.3 Å². The van der Waals surface area contributed by atoms with Gasteiger partial charge >= 0.3 is 0 Å².